The molecular weight excluding hydrogens is 799 g/mol. The molecule has 2 saturated heterocycles. The van der Waals surface area contributed by atoms with Gasteiger partial charge in [0, 0.05) is 75.5 Å². The van der Waals surface area contributed by atoms with Crippen LogP contribution in [0.3, 0.4) is 0 Å². The fraction of sp³-hybridized carbons (Fsp3) is 0.521. The number of benzene rings is 1. The highest BCUT2D eigenvalue weighted by molar-refractivity contribution is 6.23. The van der Waals surface area contributed by atoms with E-state index in [0.29, 0.717) is 45.4 Å². The first-order valence-corrected chi connectivity index (χ1v) is 22.7. The Morgan fingerprint density at radius 2 is 1.44 bits per heavy atom. The predicted molar refractivity (Wildman–Crippen MR) is 244 cm³/mol. The molecule has 1 unspecified atom stereocenters. The van der Waals surface area contributed by atoms with Crippen LogP contribution in [0, 0.1) is 12.8 Å². The van der Waals surface area contributed by atoms with E-state index in [1.165, 1.54) is 27.2 Å². The van der Waals surface area contributed by atoms with Crippen molar-refractivity contribution in [1.29, 1.82) is 0 Å². The van der Waals surface area contributed by atoms with Gasteiger partial charge in [0.05, 0.1) is 34.6 Å². The monoisotopic (exact) mass is 859 g/mol. The number of aryl methyl sites for hydroxylation is 1. The van der Waals surface area contributed by atoms with Gasteiger partial charge in [-0.1, -0.05) is 33.1 Å². The van der Waals surface area contributed by atoms with Crippen molar-refractivity contribution in [3.63, 3.8) is 0 Å². The molecule has 4 aliphatic rings. The number of amides is 2. The molecule has 1 saturated carbocycles. The zero-order valence-corrected chi connectivity index (χ0v) is 37.6. The largest absolute Gasteiger partial charge is 0.371 e. The molecule has 15 nitrogen and oxygen atoms in total. The molecule has 1 atom stereocenters. The maximum absolute atomic E-state index is 13.6. The van der Waals surface area contributed by atoms with Gasteiger partial charge in [0.1, 0.15) is 17.2 Å². The van der Waals surface area contributed by atoms with Gasteiger partial charge in [-0.2, -0.15) is 4.98 Å². The SMILES string of the molecule is CC(=O)CCC(C(C)=O)N1C(=O)c2ccc(N3CCC(CN4CCN(c5ccc(Nc6ncc7c(C)c(C(C)=O)c(=O)n(C8CCCC8)c7n6)nc5)CC4)CC3)cc2C1=O.CCC. The summed E-state index contributed by atoms with van der Waals surface area (Å²) in [6, 6.07) is 8.41. The predicted octanol–water partition coefficient (Wildman–Crippen LogP) is 6.93. The number of carbonyl (C=O) groups excluding carboxylic acids is 5. The summed E-state index contributed by atoms with van der Waals surface area (Å²) in [5.41, 5.74) is 3.66. The number of nitrogens with one attached hydrogen (secondary N) is 1. The standard InChI is InChI=1S/C45H53N9O6.C3H8/c1-27(55)9-13-38(29(3)56)54-42(58)35-12-10-33(23-36(35)43(54)59)51-17-15-31(16-18-51)26-50-19-21-52(22-20-50)34-11-14-39(46-24-34)48-45-47-25-37-28(2)40(30(4)57)44(60)53(41(37)49-45)32-7-5-6-8-32;1-3-2/h10-12,14,23-25,31-32,38H,5-9,13,15-22,26H2,1-4H3,(H,46,47,48,49);3H2,1-2H3. The molecule has 15 heteroatoms. The summed E-state index contributed by atoms with van der Waals surface area (Å²) < 4.78 is 1.71. The van der Waals surface area contributed by atoms with Gasteiger partial charge in [0.2, 0.25) is 5.95 Å². The van der Waals surface area contributed by atoms with Gasteiger partial charge in [-0.05, 0) is 102 Å². The van der Waals surface area contributed by atoms with Gasteiger partial charge in [-0.25, -0.2) is 9.97 Å². The summed E-state index contributed by atoms with van der Waals surface area (Å²) in [4.78, 5) is 99.0. The van der Waals surface area contributed by atoms with Crippen molar-refractivity contribution in [1.82, 2.24) is 29.3 Å². The summed E-state index contributed by atoms with van der Waals surface area (Å²) >= 11 is 0. The fourth-order valence-electron chi connectivity index (χ4n) is 9.58. The average molecular weight is 860 g/mol. The van der Waals surface area contributed by atoms with Crippen LogP contribution in [0.25, 0.3) is 11.0 Å². The third-order valence-electron chi connectivity index (χ3n) is 12.9. The van der Waals surface area contributed by atoms with Crippen LogP contribution in [0.4, 0.5) is 23.1 Å². The number of carbonyl (C=O) groups is 5. The van der Waals surface area contributed by atoms with Crippen LogP contribution in [0.2, 0.25) is 0 Å². The number of hydrogen-bond acceptors (Lipinski definition) is 13. The first-order valence-electron chi connectivity index (χ1n) is 22.7. The molecule has 1 aromatic carbocycles. The Bertz CT molecular complexity index is 2430. The number of pyridine rings is 2. The van der Waals surface area contributed by atoms with Gasteiger partial charge in [0.25, 0.3) is 17.4 Å². The Hall–Kier alpha value is -5.83. The second-order valence-corrected chi connectivity index (χ2v) is 17.6. The van der Waals surface area contributed by atoms with Crippen molar-refractivity contribution in [3.8, 4) is 0 Å². The quantitative estimate of drug-likeness (QED) is 0.109. The molecule has 1 N–H and O–H groups in total. The number of piperazine rings is 1. The van der Waals surface area contributed by atoms with Gasteiger partial charge in [-0.3, -0.25) is 38.3 Å². The lowest BCUT2D eigenvalue weighted by Crippen LogP contribution is -2.49. The fourth-order valence-corrected chi connectivity index (χ4v) is 9.58. The number of ketones is 3. The molecule has 4 aromatic rings. The van der Waals surface area contributed by atoms with E-state index in [4.69, 9.17) is 4.98 Å². The van der Waals surface area contributed by atoms with Crippen molar-refractivity contribution < 1.29 is 24.0 Å². The Balaban J connectivity index is 0.00000193. The van der Waals surface area contributed by atoms with Crippen LogP contribution in [0.15, 0.2) is 47.5 Å². The van der Waals surface area contributed by atoms with Gasteiger partial charge in [-0.15, -0.1) is 0 Å². The van der Waals surface area contributed by atoms with Gasteiger partial charge in [0.15, 0.2) is 11.6 Å². The average Bonchev–Trinajstić information content (AvgIpc) is 3.88. The van der Waals surface area contributed by atoms with E-state index < -0.39 is 17.9 Å². The minimum atomic E-state index is -0.944. The van der Waals surface area contributed by atoms with Crippen LogP contribution in [-0.4, -0.2) is 110 Å². The van der Waals surface area contributed by atoms with Crippen molar-refractivity contribution in [2.24, 2.45) is 5.92 Å². The Morgan fingerprint density at radius 1 is 0.794 bits per heavy atom. The van der Waals surface area contributed by atoms with Crippen LogP contribution in [-0.2, 0) is 9.59 Å². The molecule has 3 aliphatic heterocycles. The normalized spacial score (nSPS) is 17.8. The first-order chi connectivity index (χ1) is 30.3. The molecule has 2 amide bonds. The van der Waals surface area contributed by atoms with Crippen LogP contribution in [0.5, 0.6) is 0 Å². The number of aromatic nitrogens is 4. The lowest BCUT2D eigenvalue weighted by Gasteiger charge is -2.40. The molecule has 0 bridgehead atoms. The highest BCUT2D eigenvalue weighted by Gasteiger charge is 2.42. The summed E-state index contributed by atoms with van der Waals surface area (Å²) in [7, 11) is 0. The molecule has 0 spiro atoms. The van der Waals surface area contributed by atoms with Crippen molar-refractivity contribution in [2.75, 3.05) is 60.9 Å². The van der Waals surface area contributed by atoms with E-state index in [1.54, 1.807) is 29.8 Å². The van der Waals surface area contributed by atoms with Crippen molar-refractivity contribution in [2.45, 2.75) is 111 Å². The van der Waals surface area contributed by atoms with E-state index in [0.717, 1.165) is 101 Å². The Labute approximate surface area is 369 Å². The third kappa shape index (κ3) is 9.73. The molecule has 0 radical (unpaired) electrons. The highest BCUT2D eigenvalue weighted by Crippen LogP contribution is 2.34. The third-order valence-corrected chi connectivity index (χ3v) is 12.9. The summed E-state index contributed by atoms with van der Waals surface area (Å²) in [6.45, 7) is 16.7. The Kier molecular flexibility index (Phi) is 14.1. The summed E-state index contributed by atoms with van der Waals surface area (Å²) in [6.07, 6.45) is 10.9. The molecule has 6 heterocycles. The minimum absolute atomic E-state index is 0.00595. The zero-order valence-electron chi connectivity index (χ0n) is 37.6. The number of anilines is 4. The summed E-state index contributed by atoms with van der Waals surface area (Å²) in [5.74, 6) is -0.0947. The van der Waals surface area contributed by atoms with Crippen LogP contribution in [0.1, 0.15) is 135 Å². The van der Waals surface area contributed by atoms with Crippen LogP contribution >= 0.6 is 0 Å². The van der Waals surface area contributed by atoms with E-state index in [-0.39, 0.29) is 47.4 Å². The number of piperidine rings is 1. The van der Waals surface area contributed by atoms with E-state index in [9.17, 15) is 28.8 Å². The first kappa shape index (κ1) is 45.2. The molecule has 63 heavy (non-hydrogen) atoms. The maximum atomic E-state index is 13.6. The zero-order chi connectivity index (χ0) is 44.9. The molecule has 334 valence electrons. The molecule has 8 rings (SSSR count). The molecule has 3 fully saturated rings. The molecule has 1 aliphatic carbocycles. The van der Waals surface area contributed by atoms with E-state index >= 15 is 0 Å². The van der Waals surface area contributed by atoms with Crippen LogP contribution < -0.4 is 20.7 Å². The van der Waals surface area contributed by atoms with Gasteiger partial charge >= 0.3 is 0 Å². The smallest absolute Gasteiger partial charge is 0.263 e. The van der Waals surface area contributed by atoms with E-state index in [2.05, 4.69) is 49.9 Å². The van der Waals surface area contributed by atoms with E-state index in [1.807, 2.05) is 18.3 Å². The number of hydrogen-bond donors (Lipinski definition) is 1. The summed E-state index contributed by atoms with van der Waals surface area (Å²) in [5, 5.41) is 3.93. The number of imide groups is 1. The van der Waals surface area contributed by atoms with Crippen molar-refractivity contribution in [3.05, 3.63) is 75.3 Å². The minimum Gasteiger partial charge on any atom is -0.371 e. The molecular formula is C48H61N9O6. The number of fused-ring (bicyclic) bond motifs is 2. The number of rotatable bonds is 13. The lowest BCUT2D eigenvalue weighted by molar-refractivity contribution is -0.121. The van der Waals surface area contributed by atoms with Gasteiger partial charge < -0.3 is 19.9 Å². The second-order valence-electron chi connectivity index (χ2n) is 17.6. The second kappa shape index (κ2) is 19.7. The topological polar surface area (TPSA) is 171 Å². The highest BCUT2D eigenvalue weighted by atomic mass is 16.2. The van der Waals surface area contributed by atoms with Crippen molar-refractivity contribution >= 4 is 63.3 Å². The maximum Gasteiger partial charge on any atom is 0.263 e. The lowest BCUT2D eigenvalue weighted by atomic mass is 9.95. The molecule has 3 aromatic heterocycles. The Morgan fingerprint density at radius 3 is 2.06 bits per heavy atom. The number of nitrogens with zero attached hydrogens (tertiary/aromatic N) is 8. The number of Topliss-reactive ketones (excluding diaryl/α,β-unsaturated/α-hetero) is 3.